The van der Waals surface area contributed by atoms with Crippen LogP contribution in [-0.2, 0) is 30.5 Å². The number of aromatic nitrogens is 2. The largest absolute Gasteiger partial charge is 0.379 e. The fourth-order valence-electron chi connectivity index (χ4n) is 7.61. The molecule has 1 aliphatic rings. The van der Waals surface area contributed by atoms with E-state index < -0.39 is 18.2 Å². The number of anilines is 1. The van der Waals surface area contributed by atoms with E-state index in [0.717, 1.165) is 24.8 Å². The van der Waals surface area contributed by atoms with E-state index in [4.69, 9.17) is 4.74 Å². The average molecular weight is 774 g/mol. The zero-order chi connectivity index (χ0) is 39.4. The number of likely N-dealkylation sites (tertiary alicyclic amines) is 1. The van der Waals surface area contributed by atoms with Crippen molar-refractivity contribution in [1.29, 1.82) is 0 Å². The van der Waals surface area contributed by atoms with E-state index in [1.165, 1.54) is 11.5 Å². The van der Waals surface area contributed by atoms with Gasteiger partial charge in [-0.05, 0) is 68.0 Å². The van der Waals surface area contributed by atoms with Crippen molar-refractivity contribution in [2.24, 2.45) is 17.8 Å². The van der Waals surface area contributed by atoms with Gasteiger partial charge in [0, 0.05) is 38.4 Å². The van der Waals surface area contributed by atoms with Gasteiger partial charge in [0.1, 0.15) is 6.04 Å². The normalized spacial score (nSPS) is 18.1. The Hall–Kier alpha value is -3.07. The number of nitrogens with zero attached hydrogens (tertiary/aromatic N) is 6. The number of likely N-dealkylation sites (N-methyl/N-ethyl adjacent to an activating group) is 2. The van der Waals surface area contributed by atoms with Crippen LogP contribution >= 0.6 is 23.3 Å². The maximum absolute atomic E-state index is 14.3. The number of carbonyl (C=O) groups excluding carboxylic acids is 4. The third-order valence-electron chi connectivity index (χ3n) is 10.6. The molecule has 7 unspecified atom stereocenters. The zero-order valence-electron chi connectivity index (χ0n) is 33.7. The van der Waals surface area contributed by atoms with Crippen molar-refractivity contribution in [2.75, 3.05) is 46.0 Å². The number of methoxy groups -OCH3 is 1. The number of benzene rings is 1. The third-order valence-corrected chi connectivity index (χ3v) is 12.2. The molecule has 296 valence electrons. The Bertz CT molecular complexity index is 1440. The van der Waals surface area contributed by atoms with Crippen LogP contribution in [0.2, 0.25) is 0 Å². The molecule has 0 spiro atoms. The molecule has 3 rings (SSSR count). The van der Waals surface area contributed by atoms with Crippen molar-refractivity contribution in [3.8, 4) is 0 Å². The highest BCUT2D eigenvalue weighted by Crippen LogP contribution is 2.32. The summed E-state index contributed by atoms with van der Waals surface area (Å²) in [7, 11) is 7.09. The molecular formula is C39H63N7O5S2. The molecule has 0 bridgehead atoms. The topological polar surface area (TPSA) is 128 Å². The Morgan fingerprint density at radius 3 is 2.25 bits per heavy atom. The van der Waals surface area contributed by atoms with Gasteiger partial charge in [0.05, 0.1) is 36.5 Å². The standard InChI is InChI=1S/C39H63N7O5S2/c1-12-27(6)37(44(9)39(50)35(25(2)3)40-38(49)36(26(4)5)43(7)8)30(51-10)21-33(47)45-20-16-19-29(45)31(52-11)22-34(48)46(32-24-53-42-41-32)23-28-17-14-13-15-18-28/h13-15,17-18,24-27,29-31,35-37H,12,16,19-23H2,1-11H3,(H,40,49). The van der Waals surface area contributed by atoms with Gasteiger partial charge in [-0.2, -0.15) is 11.8 Å². The highest BCUT2D eigenvalue weighted by molar-refractivity contribution is 7.99. The van der Waals surface area contributed by atoms with E-state index in [1.807, 2.05) is 88.2 Å². The number of amides is 4. The first-order valence-corrected chi connectivity index (χ1v) is 21.0. The molecule has 1 N–H and O–H groups in total. The Kier molecular flexibility index (Phi) is 17.7. The first kappa shape index (κ1) is 44.3. The molecule has 12 nitrogen and oxygen atoms in total. The summed E-state index contributed by atoms with van der Waals surface area (Å²) in [6.07, 6.45) is 4.16. The number of thioether (sulfide) groups is 1. The van der Waals surface area contributed by atoms with Crippen LogP contribution in [0.1, 0.15) is 79.2 Å². The smallest absolute Gasteiger partial charge is 0.245 e. The van der Waals surface area contributed by atoms with Crippen LogP contribution in [-0.4, -0.2) is 124 Å². The average Bonchev–Trinajstić information content (AvgIpc) is 3.84. The lowest BCUT2D eigenvalue weighted by molar-refractivity contribution is -0.146. The molecule has 4 amide bonds. The fraction of sp³-hybridized carbons (Fsp3) is 0.692. The predicted molar refractivity (Wildman–Crippen MR) is 215 cm³/mol. The second-order valence-corrected chi connectivity index (χ2v) is 16.9. The first-order chi connectivity index (χ1) is 25.2. The molecule has 0 aliphatic carbocycles. The van der Waals surface area contributed by atoms with Gasteiger partial charge in [-0.15, -0.1) is 5.10 Å². The number of ether oxygens (including phenoxy) is 1. The quantitative estimate of drug-likeness (QED) is 0.194. The lowest BCUT2D eigenvalue weighted by Gasteiger charge is -2.41. The van der Waals surface area contributed by atoms with E-state index in [2.05, 4.69) is 28.8 Å². The van der Waals surface area contributed by atoms with Gasteiger partial charge < -0.3 is 19.9 Å². The van der Waals surface area contributed by atoms with E-state index in [-0.39, 0.29) is 71.6 Å². The van der Waals surface area contributed by atoms with E-state index >= 15 is 0 Å². The van der Waals surface area contributed by atoms with Gasteiger partial charge in [0.2, 0.25) is 23.6 Å². The Morgan fingerprint density at radius 1 is 1.04 bits per heavy atom. The van der Waals surface area contributed by atoms with Crippen LogP contribution in [0.3, 0.4) is 0 Å². The van der Waals surface area contributed by atoms with Crippen LogP contribution in [0, 0.1) is 17.8 Å². The molecular weight excluding hydrogens is 711 g/mol. The second kappa shape index (κ2) is 21.1. The molecule has 2 aromatic rings. The maximum atomic E-state index is 14.3. The Labute approximate surface area is 325 Å². The second-order valence-electron chi connectivity index (χ2n) is 15.2. The van der Waals surface area contributed by atoms with E-state index in [1.54, 1.807) is 41.1 Å². The fourth-order valence-corrected chi connectivity index (χ4v) is 8.96. The third kappa shape index (κ3) is 11.7. The van der Waals surface area contributed by atoms with Crippen molar-refractivity contribution in [3.63, 3.8) is 0 Å². The monoisotopic (exact) mass is 773 g/mol. The summed E-state index contributed by atoms with van der Waals surface area (Å²) in [5.41, 5.74) is 0.993. The van der Waals surface area contributed by atoms with Gasteiger partial charge in [0.15, 0.2) is 5.82 Å². The minimum Gasteiger partial charge on any atom is -0.379 e. The summed E-state index contributed by atoms with van der Waals surface area (Å²) in [5, 5.41) is 8.92. The summed E-state index contributed by atoms with van der Waals surface area (Å²) in [6, 6.07) is 8.16. The lowest BCUT2D eigenvalue weighted by Crippen LogP contribution is -2.59. The number of hydrogen-bond acceptors (Lipinski definition) is 10. The van der Waals surface area contributed by atoms with Crippen LogP contribution in [0.5, 0.6) is 0 Å². The van der Waals surface area contributed by atoms with Crippen LogP contribution in [0.25, 0.3) is 0 Å². The maximum Gasteiger partial charge on any atom is 0.245 e. The van der Waals surface area contributed by atoms with Gasteiger partial charge in [-0.25, -0.2) is 0 Å². The highest BCUT2D eigenvalue weighted by Gasteiger charge is 2.41. The number of hydrogen-bond donors (Lipinski definition) is 1. The molecule has 0 radical (unpaired) electrons. The molecule has 1 saturated heterocycles. The zero-order valence-corrected chi connectivity index (χ0v) is 35.3. The molecule has 14 heteroatoms. The van der Waals surface area contributed by atoms with Gasteiger partial charge >= 0.3 is 0 Å². The van der Waals surface area contributed by atoms with Gasteiger partial charge in [-0.1, -0.05) is 82.8 Å². The summed E-state index contributed by atoms with van der Waals surface area (Å²) in [5.74, 6) is -0.0646. The van der Waals surface area contributed by atoms with E-state index in [9.17, 15) is 19.2 Å². The van der Waals surface area contributed by atoms with Gasteiger partial charge in [-0.3, -0.25) is 29.0 Å². The van der Waals surface area contributed by atoms with Crippen molar-refractivity contribution in [2.45, 2.75) is 116 Å². The van der Waals surface area contributed by atoms with Crippen LogP contribution in [0.4, 0.5) is 5.82 Å². The molecule has 2 heterocycles. The Balaban J connectivity index is 1.79. The molecule has 1 aromatic heterocycles. The molecule has 1 aromatic carbocycles. The van der Waals surface area contributed by atoms with Gasteiger partial charge in [0.25, 0.3) is 0 Å². The van der Waals surface area contributed by atoms with Crippen LogP contribution < -0.4 is 10.2 Å². The molecule has 1 aliphatic heterocycles. The number of rotatable bonds is 20. The SMILES string of the molecule is CCC(C)C(C(CC(=O)N1CCCC1C(CC(=O)N(Cc1ccccc1)c1csnn1)SC)OC)N(C)C(=O)C(NC(=O)C(C(C)C)N(C)C)C(C)C. The molecule has 53 heavy (non-hydrogen) atoms. The first-order valence-electron chi connectivity index (χ1n) is 18.9. The number of carbonyl (C=O) groups is 4. The minimum atomic E-state index is -0.738. The summed E-state index contributed by atoms with van der Waals surface area (Å²) in [4.78, 5) is 63.1. The predicted octanol–water partition coefficient (Wildman–Crippen LogP) is 5.19. The summed E-state index contributed by atoms with van der Waals surface area (Å²) >= 11 is 2.81. The van der Waals surface area contributed by atoms with Crippen molar-refractivity contribution in [3.05, 3.63) is 41.3 Å². The van der Waals surface area contributed by atoms with Crippen molar-refractivity contribution in [1.82, 2.24) is 29.6 Å². The lowest BCUT2D eigenvalue weighted by atomic mass is 9.89. The molecule has 7 atom stereocenters. The molecule has 1 fully saturated rings. The minimum absolute atomic E-state index is 0.0112. The highest BCUT2D eigenvalue weighted by atomic mass is 32.2. The summed E-state index contributed by atoms with van der Waals surface area (Å²) < 4.78 is 10.1. The van der Waals surface area contributed by atoms with Crippen LogP contribution in [0.15, 0.2) is 35.7 Å². The van der Waals surface area contributed by atoms with Crippen molar-refractivity contribution >= 4 is 52.7 Å². The van der Waals surface area contributed by atoms with E-state index in [0.29, 0.717) is 18.9 Å². The number of nitrogens with one attached hydrogen (secondary N) is 1. The Morgan fingerprint density at radius 2 is 1.72 bits per heavy atom. The summed E-state index contributed by atoms with van der Waals surface area (Å²) in [6.45, 7) is 13.0. The van der Waals surface area contributed by atoms with Crippen molar-refractivity contribution < 1.29 is 23.9 Å². The molecule has 0 saturated carbocycles.